The van der Waals surface area contributed by atoms with Crippen LogP contribution in [0.2, 0.25) is 0 Å². The number of thioether (sulfide) groups is 1. The van der Waals surface area contributed by atoms with E-state index >= 15 is 0 Å². The highest BCUT2D eigenvalue weighted by Gasteiger charge is 2.26. The number of nitrogens with two attached hydrogens (primary N) is 1. The van der Waals surface area contributed by atoms with Crippen molar-refractivity contribution in [1.29, 1.82) is 0 Å². The Labute approximate surface area is 197 Å². The number of amides is 1. The van der Waals surface area contributed by atoms with E-state index in [0.29, 0.717) is 30.6 Å². The lowest BCUT2D eigenvalue weighted by molar-refractivity contribution is -0.116. The van der Waals surface area contributed by atoms with E-state index in [0.717, 1.165) is 43.9 Å². The molecule has 1 fully saturated rings. The lowest BCUT2D eigenvalue weighted by Gasteiger charge is -2.24. The van der Waals surface area contributed by atoms with Crippen LogP contribution in [-0.4, -0.2) is 38.0 Å². The highest BCUT2D eigenvalue weighted by atomic mass is 32.2. The van der Waals surface area contributed by atoms with E-state index in [9.17, 15) is 14.4 Å². The number of aromatic nitrogens is 4. The summed E-state index contributed by atoms with van der Waals surface area (Å²) in [7, 11) is 0. The first-order valence-corrected chi connectivity index (χ1v) is 12.7. The average molecular weight is 479 g/mol. The van der Waals surface area contributed by atoms with Gasteiger partial charge in [0.05, 0.1) is 5.75 Å². The molecule has 1 aliphatic rings. The Morgan fingerprint density at radius 1 is 1.27 bits per heavy atom. The highest BCUT2D eigenvalue weighted by Crippen LogP contribution is 2.33. The van der Waals surface area contributed by atoms with E-state index < -0.39 is 11.2 Å². The van der Waals surface area contributed by atoms with Crippen molar-refractivity contribution in [2.75, 3.05) is 22.9 Å². The number of unbranched alkanes of at least 4 members (excludes halogenated alkanes) is 1. The number of H-pyrrole nitrogens is 1. The number of carbonyl (C=O) groups is 1. The van der Waals surface area contributed by atoms with Gasteiger partial charge in [0.25, 0.3) is 10.8 Å². The van der Waals surface area contributed by atoms with Gasteiger partial charge in [0.15, 0.2) is 5.69 Å². The zero-order valence-electron chi connectivity index (χ0n) is 19.6. The molecule has 0 aliphatic heterocycles. The number of nitrogens with one attached hydrogen (secondary N) is 1. The zero-order valence-corrected chi connectivity index (χ0v) is 20.4. The topological polar surface area (TPSA) is 140 Å². The minimum atomic E-state index is -0.663. The van der Waals surface area contributed by atoms with Crippen molar-refractivity contribution in [3.8, 4) is 0 Å². The molecule has 0 unspecified atom stereocenters. The molecule has 0 aromatic carbocycles. The second-order valence-electron chi connectivity index (χ2n) is 8.93. The number of nitrogen functional groups attached to an aromatic ring is 1. The lowest BCUT2D eigenvalue weighted by Crippen LogP contribution is -2.42. The first-order valence-electron chi connectivity index (χ1n) is 11.7. The van der Waals surface area contributed by atoms with Gasteiger partial charge in [-0.15, -0.1) is 10.2 Å². The summed E-state index contributed by atoms with van der Waals surface area (Å²) in [6, 6.07) is 0. The van der Waals surface area contributed by atoms with Crippen molar-refractivity contribution in [2.24, 2.45) is 5.92 Å². The largest absolute Gasteiger partial charge is 0.416 e. The van der Waals surface area contributed by atoms with E-state index in [1.165, 1.54) is 15.9 Å². The fourth-order valence-electron chi connectivity index (χ4n) is 4.06. The summed E-state index contributed by atoms with van der Waals surface area (Å²) in [6.07, 6.45) is 7.17. The van der Waals surface area contributed by atoms with Crippen molar-refractivity contribution < 1.29 is 9.21 Å². The Bertz CT molecular complexity index is 1050. The Kier molecular flexibility index (Phi) is 8.76. The highest BCUT2D eigenvalue weighted by molar-refractivity contribution is 7.99. The van der Waals surface area contributed by atoms with Crippen molar-refractivity contribution in [3.63, 3.8) is 0 Å². The Morgan fingerprint density at radius 2 is 2.00 bits per heavy atom. The summed E-state index contributed by atoms with van der Waals surface area (Å²) in [5, 5.41) is 8.60. The first-order chi connectivity index (χ1) is 15.8. The monoisotopic (exact) mass is 478 g/mol. The van der Waals surface area contributed by atoms with E-state index in [4.69, 9.17) is 10.2 Å². The molecule has 0 spiro atoms. The van der Waals surface area contributed by atoms with Crippen molar-refractivity contribution in [3.05, 3.63) is 26.7 Å². The number of carbonyl (C=O) groups excluding carboxylic acids is 1. The van der Waals surface area contributed by atoms with Gasteiger partial charge in [0.2, 0.25) is 11.8 Å². The summed E-state index contributed by atoms with van der Waals surface area (Å²) in [5.74, 6) is 0.766. The summed E-state index contributed by atoms with van der Waals surface area (Å²) < 4.78 is 7.11. The SMILES string of the molecule is CCCCN(C(=O)CSc1nnc(C2CCCCC2)o1)c1c(N)n(CC(C)C)c(=O)[nH]c1=O. The summed E-state index contributed by atoms with van der Waals surface area (Å²) >= 11 is 1.15. The third kappa shape index (κ3) is 6.27. The molecule has 0 saturated heterocycles. The van der Waals surface area contributed by atoms with E-state index in [1.54, 1.807) is 0 Å². The van der Waals surface area contributed by atoms with E-state index in [2.05, 4.69) is 15.2 Å². The number of anilines is 2. The zero-order chi connectivity index (χ0) is 24.0. The smallest absolute Gasteiger partial charge is 0.330 e. The van der Waals surface area contributed by atoms with Crippen LogP contribution < -0.4 is 21.9 Å². The fourth-order valence-corrected chi connectivity index (χ4v) is 4.70. The van der Waals surface area contributed by atoms with Crippen LogP contribution in [-0.2, 0) is 11.3 Å². The Hall–Kier alpha value is -2.56. The van der Waals surface area contributed by atoms with Gasteiger partial charge in [-0.05, 0) is 25.2 Å². The van der Waals surface area contributed by atoms with Crippen LogP contribution in [0.1, 0.15) is 77.5 Å². The van der Waals surface area contributed by atoms with Crippen LogP contribution in [0.15, 0.2) is 19.2 Å². The molecule has 1 saturated carbocycles. The fraction of sp³-hybridized carbons (Fsp3) is 0.682. The number of hydrogen-bond donors (Lipinski definition) is 2. The molecule has 0 radical (unpaired) electrons. The third-order valence-corrected chi connectivity index (χ3v) is 6.57. The van der Waals surface area contributed by atoms with Crippen molar-refractivity contribution >= 4 is 29.2 Å². The van der Waals surface area contributed by atoms with Crippen molar-refractivity contribution in [1.82, 2.24) is 19.7 Å². The van der Waals surface area contributed by atoms with E-state index in [1.807, 2.05) is 20.8 Å². The van der Waals surface area contributed by atoms with Crippen LogP contribution in [0.5, 0.6) is 0 Å². The van der Waals surface area contributed by atoms with Gasteiger partial charge in [-0.3, -0.25) is 19.1 Å². The van der Waals surface area contributed by atoms with Gasteiger partial charge < -0.3 is 15.1 Å². The van der Waals surface area contributed by atoms with E-state index in [-0.39, 0.29) is 35.0 Å². The molecule has 3 rings (SSSR count). The number of hydrogen-bond acceptors (Lipinski definition) is 8. The quantitative estimate of drug-likeness (QED) is 0.496. The third-order valence-electron chi connectivity index (χ3n) is 5.76. The predicted octanol–water partition coefficient (Wildman–Crippen LogP) is 3.13. The molecule has 11 heteroatoms. The minimum absolute atomic E-state index is 0.00396. The van der Waals surface area contributed by atoms with Crippen molar-refractivity contribution in [2.45, 2.75) is 83.4 Å². The van der Waals surface area contributed by atoms with Gasteiger partial charge in [0.1, 0.15) is 5.82 Å². The van der Waals surface area contributed by atoms with Gasteiger partial charge in [-0.25, -0.2) is 4.79 Å². The molecular formula is C22H34N6O4S. The van der Waals surface area contributed by atoms with Gasteiger partial charge >= 0.3 is 5.69 Å². The first kappa shape index (κ1) is 25.1. The molecule has 1 amide bonds. The molecule has 10 nitrogen and oxygen atoms in total. The van der Waals surface area contributed by atoms with Gasteiger partial charge in [-0.1, -0.05) is 58.2 Å². The second-order valence-corrected chi connectivity index (χ2v) is 9.85. The molecule has 2 aromatic heterocycles. The summed E-state index contributed by atoms with van der Waals surface area (Å²) in [4.78, 5) is 41.8. The van der Waals surface area contributed by atoms with Gasteiger partial charge in [0, 0.05) is 19.0 Å². The van der Waals surface area contributed by atoms with Crippen LogP contribution in [0.4, 0.5) is 11.5 Å². The lowest BCUT2D eigenvalue weighted by atomic mass is 9.89. The molecule has 2 aromatic rings. The van der Waals surface area contributed by atoms with Crippen LogP contribution in [0, 0.1) is 5.92 Å². The summed E-state index contributed by atoms with van der Waals surface area (Å²) in [5.41, 5.74) is 5.02. The maximum Gasteiger partial charge on any atom is 0.330 e. The maximum absolute atomic E-state index is 13.2. The number of aromatic amines is 1. The normalized spacial score (nSPS) is 14.7. The average Bonchev–Trinajstić information content (AvgIpc) is 3.26. The summed E-state index contributed by atoms with van der Waals surface area (Å²) in [6.45, 7) is 6.54. The molecule has 0 bridgehead atoms. The maximum atomic E-state index is 13.2. The molecule has 1 aliphatic carbocycles. The Balaban J connectivity index is 1.79. The molecular weight excluding hydrogens is 444 g/mol. The molecule has 2 heterocycles. The molecule has 0 atom stereocenters. The van der Waals surface area contributed by atoms with Gasteiger partial charge in [-0.2, -0.15) is 0 Å². The van der Waals surface area contributed by atoms with Crippen LogP contribution in [0.25, 0.3) is 0 Å². The number of nitrogens with zero attached hydrogens (tertiary/aromatic N) is 4. The second kappa shape index (κ2) is 11.5. The molecule has 182 valence electrons. The minimum Gasteiger partial charge on any atom is -0.416 e. The Morgan fingerprint density at radius 3 is 2.67 bits per heavy atom. The molecule has 33 heavy (non-hydrogen) atoms. The van der Waals surface area contributed by atoms with Crippen LogP contribution in [0.3, 0.4) is 0 Å². The predicted molar refractivity (Wildman–Crippen MR) is 129 cm³/mol. The van der Waals surface area contributed by atoms with Crippen LogP contribution >= 0.6 is 11.8 Å². The standard InChI is InChI=1S/C22H34N6O4S/c1-4-5-11-27(17-18(23)28(12-14(2)3)21(31)24-19(17)30)16(29)13-33-22-26-25-20(32-22)15-9-7-6-8-10-15/h14-15H,4-13,23H2,1-3H3,(H,24,30,31). The molecule has 3 N–H and O–H groups in total. The number of rotatable bonds is 10.